The molecule has 7 heteroatoms. The smallest absolute Gasteiger partial charge is 0.308 e. The molecule has 0 unspecified atom stereocenters. The van der Waals surface area contributed by atoms with Crippen molar-refractivity contribution < 1.29 is 34.0 Å². The maximum atomic E-state index is 13.0. The molecule has 24 heavy (non-hydrogen) atoms. The molecule has 2 aliphatic heterocycles. The van der Waals surface area contributed by atoms with Gasteiger partial charge in [0.1, 0.15) is 17.6 Å². The van der Waals surface area contributed by atoms with Crippen molar-refractivity contribution in [1.82, 2.24) is 0 Å². The Labute approximate surface area is 137 Å². The minimum Gasteiger partial charge on any atom is -0.507 e. The normalized spacial score (nSPS) is 33.4. The number of methoxy groups -OCH3 is 1. The van der Waals surface area contributed by atoms with E-state index in [2.05, 4.69) is 4.74 Å². The van der Waals surface area contributed by atoms with Crippen LogP contribution in [0, 0.1) is 0 Å². The first-order valence-electron chi connectivity index (χ1n) is 7.62. The number of carbonyl (C=O) groups excluding carboxylic acids is 2. The standard InChI is InChI=1S/C17H16O7/c1-7-13-14(20)12-8(4-3-5-9(12)18)15(21)17(13)16(24-17)10(23-7)6-11(19)22-2/h3-5,7,10,16,18,20H,6H2,1-2H3/t7-,10-,16-,17+/m0/s1. The van der Waals surface area contributed by atoms with Crippen LogP contribution in [0.15, 0.2) is 23.8 Å². The highest BCUT2D eigenvalue weighted by Crippen LogP contribution is 2.58. The molecular formula is C17H16O7. The molecule has 0 radical (unpaired) electrons. The molecule has 0 amide bonds. The summed E-state index contributed by atoms with van der Waals surface area (Å²) in [5.74, 6) is -1.18. The third-order valence-corrected chi connectivity index (χ3v) is 4.89. The number of phenols is 1. The average Bonchev–Trinajstić information content (AvgIpc) is 3.28. The van der Waals surface area contributed by atoms with Gasteiger partial charge in [-0.2, -0.15) is 0 Å². The second kappa shape index (κ2) is 4.81. The van der Waals surface area contributed by atoms with Gasteiger partial charge in [-0.3, -0.25) is 9.59 Å². The minimum atomic E-state index is -1.32. The summed E-state index contributed by atoms with van der Waals surface area (Å²) in [6.07, 6.45) is -1.98. The molecule has 2 heterocycles. The summed E-state index contributed by atoms with van der Waals surface area (Å²) in [5, 5.41) is 20.7. The number of esters is 1. The van der Waals surface area contributed by atoms with E-state index in [1.54, 1.807) is 6.92 Å². The number of Topliss-reactive ketones (excluding diaryl/α,β-unsaturated/α-hetero) is 1. The molecule has 4 atom stereocenters. The number of aromatic hydroxyl groups is 1. The van der Waals surface area contributed by atoms with E-state index in [-0.39, 0.29) is 34.8 Å². The molecular weight excluding hydrogens is 316 g/mol. The average molecular weight is 332 g/mol. The second-order valence-corrected chi connectivity index (χ2v) is 6.16. The fraction of sp³-hybridized carbons (Fsp3) is 0.412. The number of aliphatic hydroxyl groups is 1. The molecule has 0 bridgehead atoms. The van der Waals surface area contributed by atoms with Crippen LogP contribution in [0.4, 0.5) is 0 Å². The topological polar surface area (TPSA) is 106 Å². The molecule has 1 aromatic rings. The van der Waals surface area contributed by atoms with Gasteiger partial charge >= 0.3 is 5.97 Å². The number of ketones is 1. The van der Waals surface area contributed by atoms with Gasteiger partial charge in [-0.05, 0) is 13.0 Å². The maximum absolute atomic E-state index is 13.0. The number of epoxide rings is 1. The molecule has 1 aliphatic carbocycles. The minimum absolute atomic E-state index is 0.0402. The monoisotopic (exact) mass is 332 g/mol. The zero-order valence-corrected chi connectivity index (χ0v) is 13.1. The zero-order chi connectivity index (χ0) is 17.2. The fourth-order valence-corrected chi connectivity index (χ4v) is 3.81. The second-order valence-electron chi connectivity index (χ2n) is 6.16. The largest absolute Gasteiger partial charge is 0.507 e. The first-order chi connectivity index (χ1) is 11.4. The van der Waals surface area contributed by atoms with Gasteiger partial charge in [0.15, 0.2) is 5.60 Å². The lowest BCUT2D eigenvalue weighted by molar-refractivity contribution is -0.145. The van der Waals surface area contributed by atoms with Crippen LogP contribution in [-0.2, 0) is 19.0 Å². The summed E-state index contributed by atoms with van der Waals surface area (Å²) >= 11 is 0. The van der Waals surface area contributed by atoms with Gasteiger partial charge in [0.25, 0.3) is 0 Å². The SMILES string of the molecule is COC(=O)C[C@@H]1O[C@@H](C)C2=C(O)c3c(O)cccc3C(=O)[C@]23O[C@@H]13. The molecule has 126 valence electrons. The van der Waals surface area contributed by atoms with E-state index < -0.39 is 29.9 Å². The van der Waals surface area contributed by atoms with Gasteiger partial charge in [0.05, 0.1) is 31.3 Å². The summed E-state index contributed by atoms with van der Waals surface area (Å²) in [4.78, 5) is 24.6. The first-order valence-corrected chi connectivity index (χ1v) is 7.62. The van der Waals surface area contributed by atoms with Crippen LogP contribution in [-0.4, -0.2) is 53.0 Å². The number of ether oxygens (including phenoxy) is 3. The molecule has 0 saturated carbocycles. The highest BCUT2D eigenvalue weighted by atomic mass is 16.7. The highest BCUT2D eigenvalue weighted by Gasteiger charge is 2.74. The predicted octanol–water partition coefficient (Wildman–Crippen LogP) is 1.35. The van der Waals surface area contributed by atoms with E-state index in [4.69, 9.17) is 9.47 Å². The van der Waals surface area contributed by atoms with Gasteiger partial charge in [-0.15, -0.1) is 0 Å². The van der Waals surface area contributed by atoms with Crippen molar-refractivity contribution in [3.63, 3.8) is 0 Å². The number of carbonyl (C=O) groups is 2. The highest BCUT2D eigenvalue weighted by molar-refractivity contribution is 6.14. The van der Waals surface area contributed by atoms with Crippen LogP contribution in [0.5, 0.6) is 5.75 Å². The van der Waals surface area contributed by atoms with Gasteiger partial charge < -0.3 is 24.4 Å². The molecule has 2 N–H and O–H groups in total. The lowest BCUT2D eigenvalue weighted by atomic mass is 9.74. The third kappa shape index (κ3) is 1.73. The number of phenolic OH excluding ortho intramolecular Hbond substituents is 1. The molecule has 0 aromatic heterocycles. The lowest BCUT2D eigenvalue weighted by Gasteiger charge is -2.35. The quantitative estimate of drug-likeness (QED) is 0.622. The number of rotatable bonds is 2. The van der Waals surface area contributed by atoms with E-state index >= 15 is 0 Å². The summed E-state index contributed by atoms with van der Waals surface area (Å²) in [6.45, 7) is 1.67. The van der Waals surface area contributed by atoms with Crippen LogP contribution < -0.4 is 0 Å². The summed E-state index contributed by atoms with van der Waals surface area (Å²) in [5.41, 5.74) is -0.724. The van der Waals surface area contributed by atoms with Gasteiger partial charge in [0.2, 0.25) is 5.78 Å². The zero-order valence-electron chi connectivity index (χ0n) is 13.1. The summed E-state index contributed by atoms with van der Waals surface area (Å²) < 4.78 is 16.1. The van der Waals surface area contributed by atoms with Crippen molar-refractivity contribution in [3.05, 3.63) is 34.9 Å². The Morgan fingerprint density at radius 2 is 2.12 bits per heavy atom. The molecule has 7 nitrogen and oxygen atoms in total. The summed E-state index contributed by atoms with van der Waals surface area (Å²) in [7, 11) is 1.28. The van der Waals surface area contributed by atoms with Crippen molar-refractivity contribution in [2.75, 3.05) is 7.11 Å². The molecule has 2 fully saturated rings. The van der Waals surface area contributed by atoms with E-state index in [9.17, 15) is 19.8 Å². The Morgan fingerprint density at radius 1 is 1.38 bits per heavy atom. The van der Waals surface area contributed by atoms with Crippen molar-refractivity contribution in [3.8, 4) is 5.75 Å². The molecule has 1 aromatic carbocycles. The number of hydrogen-bond acceptors (Lipinski definition) is 7. The Balaban J connectivity index is 1.82. The van der Waals surface area contributed by atoms with Crippen LogP contribution in [0.1, 0.15) is 29.3 Å². The van der Waals surface area contributed by atoms with E-state index in [1.807, 2.05) is 0 Å². The van der Waals surface area contributed by atoms with Crippen molar-refractivity contribution >= 4 is 17.5 Å². The molecule has 1 spiro atoms. The van der Waals surface area contributed by atoms with Crippen molar-refractivity contribution in [2.24, 2.45) is 0 Å². The van der Waals surface area contributed by atoms with Gasteiger partial charge in [-0.25, -0.2) is 0 Å². The maximum Gasteiger partial charge on any atom is 0.308 e. The third-order valence-electron chi connectivity index (χ3n) is 4.89. The van der Waals surface area contributed by atoms with Crippen LogP contribution in [0.3, 0.4) is 0 Å². The first kappa shape index (κ1) is 15.2. The predicted molar refractivity (Wildman–Crippen MR) is 80.6 cm³/mol. The number of aliphatic hydroxyl groups excluding tert-OH is 1. The Bertz CT molecular complexity index is 796. The van der Waals surface area contributed by atoms with Crippen molar-refractivity contribution in [2.45, 2.75) is 37.3 Å². The Morgan fingerprint density at radius 3 is 2.83 bits per heavy atom. The van der Waals surface area contributed by atoms with Gasteiger partial charge in [0, 0.05) is 11.1 Å². The lowest BCUT2D eigenvalue weighted by Crippen LogP contribution is -2.48. The Hall–Kier alpha value is -2.38. The molecule has 3 aliphatic rings. The van der Waals surface area contributed by atoms with E-state index in [0.29, 0.717) is 5.57 Å². The van der Waals surface area contributed by atoms with E-state index in [1.165, 1.54) is 25.3 Å². The molecule has 2 saturated heterocycles. The van der Waals surface area contributed by atoms with E-state index in [0.717, 1.165) is 0 Å². The summed E-state index contributed by atoms with van der Waals surface area (Å²) in [6, 6.07) is 4.47. The van der Waals surface area contributed by atoms with Crippen LogP contribution in [0.2, 0.25) is 0 Å². The Kier molecular flexibility index (Phi) is 3.04. The number of hydrogen-bond donors (Lipinski definition) is 2. The number of fused-ring (bicyclic) bond motifs is 1. The van der Waals surface area contributed by atoms with Crippen LogP contribution in [0.25, 0.3) is 5.76 Å². The van der Waals surface area contributed by atoms with Crippen LogP contribution >= 0.6 is 0 Å². The fourth-order valence-electron chi connectivity index (χ4n) is 3.81. The molecule has 4 rings (SSSR count). The van der Waals surface area contributed by atoms with Crippen molar-refractivity contribution in [1.29, 1.82) is 0 Å². The number of benzene rings is 1. The van der Waals surface area contributed by atoms with Gasteiger partial charge in [-0.1, -0.05) is 12.1 Å².